The fourth-order valence-electron chi connectivity index (χ4n) is 9.63. The summed E-state index contributed by atoms with van der Waals surface area (Å²) < 4.78 is 6.18. The van der Waals surface area contributed by atoms with Crippen molar-refractivity contribution in [3.63, 3.8) is 0 Å². The maximum absolute atomic E-state index is 13.6. The van der Waals surface area contributed by atoms with Crippen LogP contribution in [0.15, 0.2) is 48.5 Å². The highest BCUT2D eigenvalue weighted by Gasteiger charge is 2.46. The topological polar surface area (TPSA) is 159 Å². The lowest BCUT2D eigenvalue weighted by atomic mass is 9.92. The first-order valence-electron chi connectivity index (χ1n) is 20.4. The van der Waals surface area contributed by atoms with Crippen molar-refractivity contribution < 1.29 is 28.7 Å². The van der Waals surface area contributed by atoms with E-state index in [2.05, 4.69) is 26.1 Å². The number of rotatable bonds is 8. The van der Waals surface area contributed by atoms with Gasteiger partial charge in [-0.2, -0.15) is 5.26 Å². The van der Waals surface area contributed by atoms with Gasteiger partial charge in [-0.25, -0.2) is 4.98 Å². The highest BCUT2D eigenvalue weighted by Crippen LogP contribution is 2.36. The fraction of sp³-hybridized carbons (Fsp3) is 0.465. The molecule has 2 aromatic carbocycles. The first-order valence-corrected chi connectivity index (χ1v) is 20.8. The van der Waals surface area contributed by atoms with Gasteiger partial charge in [0, 0.05) is 64.3 Å². The number of benzene rings is 2. The highest BCUT2D eigenvalue weighted by molar-refractivity contribution is 6.31. The van der Waals surface area contributed by atoms with Crippen LogP contribution < -0.4 is 19.9 Å². The van der Waals surface area contributed by atoms with Crippen molar-refractivity contribution in [2.75, 3.05) is 55.6 Å². The van der Waals surface area contributed by atoms with Crippen LogP contribution in [0.25, 0.3) is 0 Å². The molecule has 4 fully saturated rings. The van der Waals surface area contributed by atoms with Crippen LogP contribution in [-0.2, 0) is 16.1 Å². The Morgan fingerprint density at radius 3 is 2.31 bits per heavy atom. The molecule has 15 heteroatoms. The Balaban J connectivity index is 0.743. The highest BCUT2D eigenvalue weighted by atomic mass is 35.5. The third-order valence-corrected chi connectivity index (χ3v) is 13.1. The monoisotopic (exact) mass is 804 g/mol. The molecule has 14 nitrogen and oxygen atoms in total. The summed E-state index contributed by atoms with van der Waals surface area (Å²) >= 11 is 6.20. The SMILES string of the molecule is N#Cc1ccc(OC2CCC(N3Cc4nc(N5CCC(CN6CCN(c7cccc8c7C(=O)N(C7CCC(=O)NC7=O)C8=O)CC6)CC5)ccc4C3=O)CC2)cc1Cl. The Morgan fingerprint density at radius 1 is 0.810 bits per heavy atom. The summed E-state index contributed by atoms with van der Waals surface area (Å²) in [7, 11) is 0. The summed E-state index contributed by atoms with van der Waals surface area (Å²) in [4.78, 5) is 79.8. The van der Waals surface area contributed by atoms with Crippen molar-refractivity contribution in [2.45, 2.75) is 76.1 Å². The molecule has 1 aromatic heterocycles. The number of piperidine rings is 2. The largest absolute Gasteiger partial charge is 0.490 e. The maximum Gasteiger partial charge on any atom is 0.264 e. The molecule has 0 radical (unpaired) electrons. The minimum atomic E-state index is -0.985. The number of imide groups is 2. The van der Waals surface area contributed by atoms with E-state index >= 15 is 0 Å². The predicted molar refractivity (Wildman–Crippen MR) is 214 cm³/mol. The van der Waals surface area contributed by atoms with E-state index in [1.165, 1.54) is 0 Å². The Morgan fingerprint density at radius 2 is 1.59 bits per heavy atom. The second kappa shape index (κ2) is 15.7. The van der Waals surface area contributed by atoms with Crippen molar-refractivity contribution in [2.24, 2.45) is 5.92 Å². The van der Waals surface area contributed by atoms with Crippen LogP contribution in [0.1, 0.15) is 93.7 Å². The lowest BCUT2D eigenvalue weighted by Crippen LogP contribution is -2.54. The third-order valence-electron chi connectivity index (χ3n) is 12.8. The number of hydrogen-bond acceptors (Lipinski definition) is 11. The number of halogens is 1. The molecule has 300 valence electrons. The number of carbonyl (C=O) groups excluding carboxylic acids is 5. The molecule has 1 saturated carbocycles. The van der Waals surface area contributed by atoms with Gasteiger partial charge in [0.1, 0.15) is 23.7 Å². The Kier molecular flexibility index (Phi) is 10.3. The molecule has 5 amide bonds. The number of nitrogens with zero attached hydrogens (tertiary/aromatic N) is 7. The molecule has 1 aliphatic carbocycles. The Hall–Kier alpha value is -5.52. The van der Waals surface area contributed by atoms with Crippen LogP contribution in [-0.4, -0.2) is 113 Å². The average Bonchev–Trinajstić information content (AvgIpc) is 3.70. The zero-order chi connectivity index (χ0) is 40.1. The van der Waals surface area contributed by atoms with E-state index in [1.54, 1.807) is 30.3 Å². The number of nitrogens with one attached hydrogen (secondary N) is 1. The average molecular weight is 805 g/mol. The van der Waals surface area contributed by atoms with Crippen molar-refractivity contribution >= 4 is 52.6 Å². The number of amides is 5. The second-order valence-corrected chi connectivity index (χ2v) is 16.7. The quantitative estimate of drug-likeness (QED) is 0.322. The number of piperazine rings is 1. The summed E-state index contributed by atoms with van der Waals surface area (Å²) in [5, 5.41) is 11.8. The molecule has 1 atom stereocenters. The number of pyridine rings is 1. The third kappa shape index (κ3) is 7.15. The van der Waals surface area contributed by atoms with Crippen molar-refractivity contribution in [1.82, 2.24) is 25.0 Å². The Bertz CT molecular complexity index is 2220. The molecule has 9 rings (SSSR count). The number of hydrogen-bond donors (Lipinski definition) is 1. The van der Waals surface area contributed by atoms with E-state index in [0.29, 0.717) is 58.6 Å². The lowest BCUT2D eigenvalue weighted by Gasteiger charge is -2.40. The maximum atomic E-state index is 13.6. The molecular weight excluding hydrogens is 760 g/mol. The normalized spacial score (nSPS) is 24.2. The molecule has 58 heavy (non-hydrogen) atoms. The van der Waals surface area contributed by atoms with Gasteiger partial charge in [0.05, 0.1) is 51.3 Å². The van der Waals surface area contributed by atoms with Crippen LogP contribution in [0.5, 0.6) is 5.75 Å². The van der Waals surface area contributed by atoms with Crippen LogP contribution in [0.4, 0.5) is 11.5 Å². The van der Waals surface area contributed by atoms with Gasteiger partial charge < -0.3 is 19.4 Å². The van der Waals surface area contributed by atoms with E-state index in [4.69, 9.17) is 26.6 Å². The molecule has 3 aromatic rings. The van der Waals surface area contributed by atoms with E-state index in [1.807, 2.05) is 23.1 Å². The van der Waals surface area contributed by atoms with Gasteiger partial charge in [0.25, 0.3) is 17.7 Å². The van der Waals surface area contributed by atoms with Crippen molar-refractivity contribution in [3.05, 3.63) is 81.5 Å². The minimum absolute atomic E-state index is 0.0365. The summed E-state index contributed by atoms with van der Waals surface area (Å²) in [6, 6.07) is 15.6. The lowest BCUT2D eigenvalue weighted by molar-refractivity contribution is -0.136. The Labute approximate surface area is 341 Å². The van der Waals surface area contributed by atoms with Crippen LogP contribution in [0.2, 0.25) is 5.02 Å². The van der Waals surface area contributed by atoms with Gasteiger partial charge in [-0.05, 0) is 87.3 Å². The molecule has 0 bridgehead atoms. The number of nitriles is 1. The summed E-state index contributed by atoms with van der Waals surface area (Å²) in [5.41, 5.74) is 3.35. The molecule has 6 aliphatic rings. The standard InChI is InChI=1S/C43H45ClN8O6/c44-33-22-30(7-4-27(33)23-45)58-29-8-5-28(6-9-29)51-25-34-31(41(51)55)10-12-37(46-34)50-16-14-26(15-17-50)24-48-18-20-49(21-19-48)35-3-1-2-32-39(35)43(57)52(42(32)56)36-11-13-38(53)47-40(36)54/h1-4,7,10,12,22,26,28-29,36H,5-6,8-9,11,13-21,24-25H2,(H,47,53,54). The summed E-state index contributed by atoms with van der Waals surface area (Å²) in [5.74, 6) is 0.233. The number of anilines is 2. The first kappa shape index (κ1) is 38.0. The van der Waals surface area contributed by atoms with Gasteiger partial charge >= 0.3 is 0 Å². The molecule has 3 saturated heterocycles. The van der Waals surface area contributed by atoms with E-state index < -0.39 is 29.7 Å². The van der Waals surface area contributed by atoms with Crippen LogP contribution in [0.3, 0.4) is 0 Å². The smallest absolute Gasteiger partial charge is 0.264 e. The van der Waals surface area contributed by atoms with Gasteiger partial charge in [-0.15, -0.1) is 0 Å². The van der Waals surface area contributed by atoms with Gasteiger partial charge in [-0.1, -0.05) is 17.7 Å². The van der Waals surface area contributed by atoms with Crippen LogP contribution in [0, 0.1) is 17.2 Å². The van der Waals surface area contributed by atoms with E-state index in [9.17, 15) is 24.0 Å². The molecule has 0 spiro atoms. The van der Waals surface area contributed by atoms with Crippen LogP contribution >= 0.6 is 11.6 Å². The number of fused-ring (bicyclic) bond motifs is 2. The molecule has 6 heterocycles. The molecule has 1 N–H and O–H groups in total. The van der Waals surface area contributed by atoms with Crippen molar-refractivity contribution in [1.29, 1.82) is 5.26 Å². The first-order chi connectivity index (χ1) is 28.1. The predicted octanol–water partition coefficient (Wildman–Crippen LogP) is 4.39. The summed E-state index contributed by atoms with van der Waals surface area (Å²) in [6.45, 7) is 6.42. The second-order valence-electron chi connectivity index (χ2n) is 16.3. The van der Waals surface area contributed by atoms with Gasteiger partial charge in [0.2, 0.25) is 11.8 Å². The number of aromatic nitrogens is 1. The minimum Gasteiger partial charge on any atom is -0.490 e. The van der Waals surface area contributed by atoms with Gasteiger partial charge in [-0.3, -0.25) is 39.1 Å². The van der Waals surface area contributed by atoms with E-state index in [0.717, 1.165) is 93.3 Å². The zero-order valence-electron chi connectivity index (χ0n) is 32.2. The van der Waals surface area contributed by atoms with E-state index in [-0.39, 0.29) is 30.9 Å². The molecule has 1 unspecified atom stereocenters. The molecule has 5 aliphatic heterocycles. The fourth-order valence-corrected chi connectivity index (χ4v) is 9.85. The number of carbonyl (C=O) groups is 5. The number of ether oxygens (including phenoxy) is 1. The summed E-state index contributed by atoms with van der Waals surface area (Å²) in [6.07, 6.45) is 5.71. The molecular formula is C43H45ClN8O6. The zero-order valence-corrected chi connectivity index (χ0v) is 33.0. The van der Waals surface area contributed by atoms with Crippen molar-refractivity contribution in [3.8, 4) is 11.8 Å². The van der Waals surface area contributed by atoms with Gasteiger partial charge in [0.15, 0.2) is 0 Å².